The minimum absolute atomic E-state index is 0.150. The number of hydrogen-bond donors (Lipinski definition) is 1. The summed E-state index contributed by atoms with van der Waals surface area (Å²) in [4.78, 5) is 8.80. The van der Waals surface area contributed by atoms with Crippen LogP contribution in [0.25, 0.3) is 0 Å². The molecule has 0 saturated carbocycles. The van der Waals surface area contributed by atoms with Gasteiger partial charge in [-0.1, -0.05) is 37.3 Å². The molecule has 1 aromatic heterocycles. The highest BCUT2D eigenvalue weighted by Crippen LogP contribution is 2.18. The van der Waals surface area contributed by atoms with Gasteiger partial charge in [0.1, 0.15) is 0 Å². The summed E-state index contributed by atoms with van der Waals surface area (Å²) < 4.78 is 5.57. The molecular formula is C16H21N3O. The van der Waals surface area contributed by atoms with Crippen LogP contribution >= 0.6 is 0 Å². The van der Waals surface area contributed by atoms with Gasteiger partial charge < -0.3 is 10.1 Å². The first-order valence-corrected chi connectivity index (χ1v) is 6.99. The van der Waals surface area contributed by atoms with Crippen molar-refractivity contribution in [2.24, 2.45) is 0 Å². The summed E-state index contributed by atoms with van der Waals surface area (Å²) in [6.07, 6.45) is 0.965. The van der Waals surface area contributed by atoms with Gasteiger partial charge in [-0.3, -0.25) is 0 Å². The number of aromatic nitrogens is 2. The molecule has 0 amide bonds. The van der Waals surface area contributed by atoms with E-state index in [0.29, 0.717) is 18.4 Å². The average molecular weight is 271 g/mol. The quantitative estimate of drug-likeness (QED) is 0.869. The maximum atomic E-state index is 5.57. The lowest BCUT2D eigenvalue weighted by molar-refractivity contribution is 0.305. The molecule has 20 heavy (non-hydrogen) atoms. The molecule has 2 rings (SSSR count). The number of anilines is 1. The van der Waals surface area contributed by atoms with Crippen LogP contribution in [0.2, 0.25) is 0 Å². The zero-order valence-corrected chi connectivity index (χ0v) is 12.3. The standard InChI is InChI=1S/C16H21N3O/c1-4-10-20-15-11-12(2)17-16(19-15)18-13(3)14-8-6-5-7-9-14/h5-9,11,13H,4,10H2,1-3H3,(H,17,18,19). The number of benzene rings is 1. The summed E-state index contributed by atoms with van der Waals surface area (Å²) in [5.41, 5.74) is 2.10. The van der Waals surface area contributed by atoms with Crippen molar-refractivity contribution in [3.63, 3.8) is 0 Å². The number of nitrogens with zero attached hydrogens (tertiary/aromatic N) is 2. The van der Waals surface area contributed by atoms with Crippen LogP contribution in [0.4, 0.5) is 5.95 Å². The van der Waals surface area contributed by atoms with Crippen molar-refractivity contribution in [2.75, 3.05) is 11.9 Å². The van der Waals surface area contributed by atoms with Gasteiger partial charge in [-0.05, 0) is 25.8 Å². The molecule has 0 bridgehead atoms. The molecule has 0 aliphatic rings. The van der Waals surface area contributed by atoms with Gasteiger partial charge in [-0.25, -0.2) is 4.98 Å². The first-order chi connectivity index (χ1) is 9.69. The summed E-state index contributed by atoms with van der Waals surface area (Å²) in [5, 5.41) is 3.31. The van der Waals surface area contributed by atoms with Crippen molar-refractivity contribution in [3.8, 4) is 5.88 Å². The summed E-state index contributed by atoms with van der Waals surface area (Å²) in [5.74, 6) is 1.23. The van der Waals surface area contributed by atoms with E-state index in [-0.39, 0.29) is 6.04 Å². The van der Waals surface area contributed by atoms with E-state index in [9.17, 15) is 0 Å². The molecule has 1 atom stereocenters. The van der Waals surface area contributed by atoms with Gasteiger partial charge in [-0.2, -0.15) is 4.98 Å². The first kappa shape index (κ1) is 14.3. The highest BCUT2D eigenvalue weighted by molar-refractivity contribution is 5.34. The van der Waals surface area contributed by atoms with Crippen LogP contribution in [0.3, 0.4) is 0 Å². The Hall–Kier alpha value is -2.10. The van der Waals surface area contributed by atoms with Gasteiger partial charge in [-0.15, -0.1) is 0 Å². The summed E-state index contributed by atoms with van der Waals surface area (Å²) in [6, 6.07) is 12.2. The number of ether oxygens (including phenoxy) is 1. The van der Waals surface area contributed by atoms with Crippen molar-refractivity contribution in [2.45, 2.75) is 33.2 Å². The monoisotopic (exact) mass is 271 g/mol. The summed E-state index contributed by atoms with van der Waals surface area (Å²) in [7, 11) is 0. The summed E-state index contributed by atoms with van der Waals surface area (Å²) >= 11 is 0. The Morgan fingerprint density at radius 1 is 1.20 bits per heavy atom. The van der Waals surface area contributed by atoms with E-state index in [0.717, 1.165) is 12.1 Å². The molecule has 1 aromatic carbocycles. The normalized spacial score (nSPS) is 11.9. The van der Waals surface area contributed by atoms with Crippen molar-refractivity contribution < 1.29 is 4.74 Å². The average Bonchev–Trinajstić information content (AvgIpc) is 2.45. The molecule has 2 aromatic rings. The molecule has 0 radical (unpaired) electrons. The van der Waals surface area contributed by atoms with Crippen molar-refractivity contribution in [3.05, 3.63) is 47.7 Å². The minimum atomic E-state index is 0.150. The Bertz CT molecular complexity index is 543. The van der Waals surface area contributed by atoms with Gasteiger partial charge in [0.25, 0.3) is 0 Å². The molecule has 0 saturated heterocycles. The van der Waals surface area contributed by atoms with E-state index in [2.05, 4.69) is 41.3 Å². The Kier molecular flexibility index (Phi) is 4.93. The number of rotatable bonds is 6. The lowest BCUT2D eigenvalue weighted by Crippen LogP contribution is -2.10. The molecule has 1 heterocycles. The Balaban J connectivity index is 2.10. The van der Waals surface area contributed by atoms with Gasteiger partial charge in [0.2, 0.25) is 11.8 Å². The third kappa shape index (κ3) is 3.95. The van der Waals surface area contributed by atoms with E-state index < -0.39 is 0 Å². The molecule has 0 aliphatic heterocycles. The van der Waals surface area contributed by atoms with E-state index in [1.165, 1.54) is 5.56 Å². The zero-order chi connectivity index (χ0) is 14.4. The molecule has 4 nitrogen and oxygen atoms in total. The van der Waals surface area contributed by atoms with Crippen LogP contribution in [-0.4, -0.2) is 16.6 Å². The highest BCUT2D eigenvalue weighted by Gasteiger charge is 2.08. The molecule has 1 unspecified atom stereocenters. The van der Waals surface area contributed by atoms with Gasteiger partial charge in [0.15, 0.2) is 0 Å². The molecular weight excluding hydrogens is 250 g/mol. The second-order valence-corrected chi connectivity index (χ2v) is 4.80. The van der Waals surface area contributed by atoms with Crippen molar-refractivity contribution in [1.29, 1.82) is 0 Å². The maximum Gasteiger partial charge on any atom is 0.226 e. The highest BCUT2D eigenvalue weighted by atomic mass is 16.5. The number of aryl methyl sites for hydroxylation is 1. The lowest BCUT2D eigenvalue weighted by atomic mass is 10.1. The minimum Gasteiger partial charge on any atom is -0.478 e. The third-order valence-corrected chi connectivity index (χ3v) is 2.93. The van der Waals surface area contributed by atoms with E-state index >= 15 is 0 Å². The second-order valence-electron chi connectivity index (χ2n) is 4.80. The predicted octanol–water partition coefficient (Wildman–Crippen LogP) is 3.75. The fourth-order valence-electron chi connectivity index (χ4n) is 1.90. The van der Waals surface area contributed by atoms with Crippen LogP contribution in [0.1, 0.15) is 37.6 Å². The van der Waals surface area contributed by atoms with Crippen LogP contribution in [-0.2, 0) is 0 Å². The van der Waals surface area contributed by atoms with Crippen LogP contribution in [0.5, 0.6) is 5.88 Å². The fraction of sp³-hybridized carbons (Fsp3) is 0.375. The lowest BCUT2D eigenvalue weighted by Gasteiger charge is -2.15. The predicted molar refractivity (Wildman–Crippen MR) is 81.0 cm³/mol. The van der Waals surface area contributed by atoms with Crippen molar-refractivity contribution in [1.82, 2.24) is 9.97 Å². The van der Waals surface area contributed by atoms with E-state index in [4.69, 9.17) is 4.74 Å². The Morgan fingerprint density at radius 3 is 2.65 bits per heavy atom. The molecule has 1 N–H and O–H groups in total. The molecule has 0 aliphatic carbocycles. The van der Waals surface area contributed by atoms with Crippen LogP contribution < -0.4 is 10.1 Å². The van der Waals surface area contributed by atoms with Crippen LogP contribution in [0.15, 0.2) is 36.4 Å². The molecule has 106 valence electrons. The molecule has 0 spiro atoms. The van der Waals surface area contributed by atoms with E-state index in [1.54, 1.807) is 0 Å². The van der Waals surface area contributed by atoms with E-state index in [1.807, 2.05) is 31.2 Å². The topological polar surface area (TPSA) is 47.0 Å². The van der Waals surface area contributed by atoms with Gasteiger partial charge in [0.05, 0.1) is 12.6 Å². The van der Waals surface area contributed by atoms with Crippen molar-refractivity contribution >= 4 is 5.95 Å². The van der Waals surface area contributed by atoms with Gasteiger partial charge >= 0.3 is 0 Å². The molecule has 0 fully saturated rings. The summed E-state index contributed by atoms with van der Waals surface area (Å²) in [6.45, 7) is 6.78. The Labute approximate surface area is 120 Å². The zero-order valence-electron chi connectivity index (χ0n) is 12.3. The SMILES string of the molecule is CCCOc1cc(C)nc(NC(C)c2ccccc2)n1. The second kappa shape index (κ2) is 6.89. The number of nitrogens with one attached hydrogen (secondary N) is 1. The fourth-order valence-corrected chi connectivity index (χ4v) is 1.90. The number of hydrogen-bond acceptors (Lipinski definition) is 4. The Morgan fingerprint density at radius 2 is 1.95 bits per heavy atom. The van der Waals surface area contributed by atoms with Crippen LogP contribution in [0, 0.1) is 6.92 Å². The third-order valence-electron chi connectivity index (χ3n) is 2.93. The van der Waals surface area contributed by atoms with Gasteiger partial charge in [0, 0.05) is 11.8 Å². The maximum absolute atomic E-state index is 5.57. The first-order valence-electron chi connectivity index (χ1n) is 6.99. The molecule has 4 heteroatoms. The smallest absolute Gasteiger partial charge is 0.226 e. The largest absolute Gasteiger partial charge is 0.478 e.